The minimum atomic E-state index is -0.589. The van der Waals surface area contributed by atoms with Gasteiger partial charge >= 0.3 is 0 Å². The van der Waals surface area contributed by atoms with Crippen molar-refractivity contribution in [1.29, 1.82) is 0 Å². The van der Waals surface area contributed by atoms with Gasteiger partial charge in [0.15, 0.2) is 0 Å². The van der Waals surface area contributed by atoms with Crippen LogP contribution in [0.2, 0.25) is 0 Å². The molecule has 0 saturated carbocycles. The zero-order valence-electron chi connectivity index (χ0n) is 14.2. The molecule has 0 aromatic heterocycles. The van der Waals surface area contributed by atoms with Crippen LogP contribution in [0.4, 0.5) is 0 Å². The summed E-state index contributed by atoms with van der Waals surface area (Å²) in [7, 11) is 0. The van der Waals surface area contributed by atoms with Gasteiger partial charge in [-0.05, 0) is 62.4 Å². The normalized spacial score (nSPS) is 15.1. The van der Waals surface area contributed by atoms with Crippen LogP contribution in [0.15, 0.2) is 48.5 Å². The van der Waals surface area contributed by atoms with E-state index in [1.54, 1.807) is 12.1 Å². The molecule has 0 radical (unpaired) electrons. The molecule has 0 saturated heterocycles. The first kappa shape index (κ1) is 17.5. The van der Waals surface area contributed by atoms with Crippen LogP contribution < -0.4 is 5.32 Å². The number of nitrogens with one attached hydrogen (secondary N) is 1. The molecule has 3 N–H and O–H groups in total. The number of aliphatic hydroxyl groups is 1. The van der Waals surface area contributed by atoms with Crippen molar-refractivity contribution in [3.8, 4) is 5.75 Å². The van der Waals surface area contributed by atoms with Crippen LogP contribution in [-0.2, 0) is 6.42 Å². The van der Waals surface area contributed by atoms with Gasteiger partial charge in [-0.3, -0.25) is 0 Å². The van der Waals surface area contributed by atoms with Crippen LogP contribution >= 0.6 is 0 Å². The topological polar surface area (TPSA) is 52.5 Å². The molecule has 0 aliphatic rings. The van der Waals surface area contributed by atoms with E-state index >= 15 is 0 Å². The number of phenolic OH excluding ortho intramolecular Hbond substituents is 1. The molecule has 2 aromatic carbocycles. The molecule has 0 heterocycles. The van der Waals surface area contributed by atoms with Gasteiger partial charge in [-0.1, -0.05) is 36.4 Å². The number of aromatic hydroxyl groups is 1. The summed E-state index contributed by atoms with van der Waals surface area (Å²) >= 11 is 0. The van der Waals surface area contributed by atoms with E-state index in [2.05, 4.69) is 36.5 Å². The number of aliphatic hydroxyl groups excluding tert-OH is 1. The fourth-order valence-electron chi connectivity index (χ4n) is 2.80. The largest absolute Gasteiger partial charge is 0.508 e. The van der Waals surface area contributed by atoms with Gasteiger partial charge in [0.1, 0.15) is 5.75 Å². The van der Waals surface area contributed by atoms with E-state index < -0.39 is 6.10 Å². The zero-order chi connectivity index (χ0) is 16.8. The van der Waals surface area contributed by atoms with Crippen molar-refractivity contribution in [1.82, 2.24) is 5.32 Å². The quantitative estimate of drug-likeness (QED) is 0.730. The summed E-state index contributed by atoms with van der Waals surface area (Å²) in [5.74, 6) is 0.262. The Labute approximate surface area is 139 Å². The summed E-state index contributed by atoms with van der Waals surface area (Å²) in [6.45, 7) is 5.98. The molecular weight excluding hydrogens is 286 g/mol. The van der Waals surface area contributed by atoms with Crippen LogP contribution in [0.25, 0.3) is 0 Å². The van der Waals surface area contributed by atoms with Crippen LogP contribution in [0.1, 0.15) is 43.1 Å². The lowest BCUT2D eigenvalue weighted by molar-refractivity contribution is 0.129. The summed E-state index contributed by atoms with van der Waals surface area (Å²) in [5, 5.41) is 23.6. The molecule has 2 aromatic rings. The van der Waals surface area contributed by atoms with Crippen molar-refractivity contribution < 1.29 is 10.2 Å². The molecule has 2 rings (SSSR count). The highest BCUT2D eigenvalue weighted by Gasteiger charge is 2.18. The number of hydrogen-bond acceptors (Lipinski definition) is 3. The Morgan fingerprint density at radius 2 is 1.74 bits per heavy atom. The van der Waals surface area contributed by atoms with E-state index in [1.165, 1.54) is 5.56 Å². The van der Waals surface area contributed by atoms with E-state index in [-0.39, 0.29) is 11.8 Å². The summed E-state index contributed by atoms with van der Waals surface area (Å²) in [5.41, 5.74) is 2.95. The molecule has 124 valence electrons. The molecule has 0 aliphatic heterocycles. The Morgan fingerprint density at radius 3 is 2.39 bits per heavy atom. The summed E-state index contributed by atoms with van der Waals surface area (Å²) < 4.78 is 0. The lowest BCUT2D eigenvalue weighted by Crippen LogP contribution is -2.38. The molecule has 0 fully saturated rings. The van der Waals surface area contributed by atoms with Crippen molar-refractivity contribution in [3.05, 3.63) is 65.2 Å². The van der Waals surface area contributed by atoms with E-state index in [4.69, 9.17) is 0 Å². The second kappa shape index (κ2) is 8.14. The third-order valence-electron chi connectivity index (χ3n) is 4.29. The fraction of sp³-hybridized carbons (Fsp3) is 0.400. The lowest BCUT2D eigenvalue weighted by atomic mass is 9.99. The van der Waals surface area contributed by atoms with E-state index in [0.29, 0.717) is 6.04 Å². The van der Waals surface area contributed by atoms with Gasteiger partial charge < -0.3 is 15.5 Å². The third kappa shape index (κ3) is 5.08. The average Bonchev–Trinajstić information content (AvgIpc) is 2.55. The monoisotopic (exact) mass is 313 g/mol. The zero-order valence-corrected chi connectivity index (χ0v) is 14.2. The van der Waals surface area contributed by atoms with Gasteiger partial charge in [0, 0.05) is 12.1 Å². The van der Waals surface area contributed by atoms with Gasteiger partial charge in [0.2, 0.25) is 0 Å². The maximum absolute atomic E-state index is 10.5. The predicted molar refractivity (Wildman–Crippen MR) is 94.6 cm³/mol. The minimum absolute atomic E-state index is 0.0512. The second-order valence-corrected chi connectivity index (χ2v) is 6.37. The predicted octanol–water partition coefficient (Wildman–Crippen LogP) is 3.73. The van der Waals surface area contributed by atoms with Gasteiger partial charge in [-0.15, -0.1) is 0 Å². The van der Waals surface area contributed by atoms with Crippen LogP contribution in [0.5, 0.6) is 5.75 Å². The van der Waals surface area contributed by atoms with Gasteiger partial charge in [0.05, 0.1) is 6.10 Å². The summed E-state index contributed by atoms with van der Waals surface area (Å²) in [4.78, 5) is 0. The molecule has 3 unspecified atom stereocenters. The standard InChI is InChI=1S/C20H27NO2/c1-14-13-18(11-12-19(14)22)20(23)16(3)21-15(2)9-10-17-7-5-4-6-8-17/h4-8,11-13,15-16,20-23H,9-10H2,1-3H3. The number of aryl methyl sites for hydroxylation is 2. The van der Waals surface area contributed by atoms with E-state index in [0.717, 1.165) is 24.0 Å². The SMILES string of the molecule is Cc1cc(C(O)C(C)NC(C)CCc2ccccc2)ccc1O. The number of rotatable bonds is 7. The Bertz CT molecular complexity index is 612. The number of phenols is 1. The maximum Gasteiger partial charge on any atom is 0.118 e. The smallest absolute Gasteiger partial charge is 0.118 e. The van der Waals surface area contributed by atoms with Crippen molar-refractivity contribution in [2.75, 3.05) is 0 Å². The average molecular weight is 313 g/mol. The Balaban J connectivity index is 1.87. The van der Waals surface area contributed by atoms with Gasteiger partial charge in [-0.25, -0.2) is 0 Å². The third-order valence-corrected chi connectivity index (χ3v) is 4.29. The van der Waals surface area contributed by atoms with Crippen LogP contribution in [-0.4, -0.2) is 22.3 Å². The fourth-order valence-corrected chi connectivity index (χ4v) is 2.80. The Hall–Kier alpha value is -1.84. The maximum atomic E-state index is 10.5. The van der Waals surface area contributed by atoms with Crippen LogP contribution in [0, 0.1) is 6.92 Å². The first-order valence-electron chi connectivity index (χ1n) is 8.25. The molecular formula is C20H27NO2. The van der Waals surface area contributed by atoms with Crippen molar-refractivity contribution in [2.24, 2.45) is 0 Å². The van der Waals surface area contributed by atoms with Crippen molar-refractivity contribution in [3.63, 3.8) is 0 Å². The first-order valence-corrected chi connectivity index (χ1v) is 8.25. The molecule has 3 heteroatoms. The van der Waals surface area contributed by atoms with Crippen molar-refractivity contribution >= 4 is 0 Å². The summed E-state index contributed by atoms with van der Waals surface area (Å²) in [6, 6.07) is 16.0. The van der Waals surface area contributed by atoms with Crippen molar-refractivity contribution in [2.45, 2.75) is 51.8 Å². The molecule has 3 atom stereocenters. The molecule has 0 amide bonds. The Kier molecular flexibility index (Phi) is 6.20. The lowest BCUT2D eigenvalue weighted by Gasteiger charge is -2.25. The number of hydrogen-bond donors (Lipinski definition) is 3. The highest BCUT2D eigenvalue weighted by atomic mass is 16.3. The summed E-state index contributed by atoms with van der Waals surface area (Å²) in [6.07, 6.45) is 1.46. The molecule has 0 aliphatic carbocycles. The highest BCUT2D eigenvalue weighted by molar-refractivity contribution is 5.36. The Morgan fingerprint density at radius 1 is 1.04 bits per heavy atom. The highest BCUT2D eigenvalue weighted by Crippen LogP contribution is 2.23. The molecule has 0 bridgehead atoms. The van der Waals surface area contributed by atoms with Crippen LogP contribution in [0.3, 0.4) is 0 Å². The molecule has 23 heavy (non-hydrogen) atoms. The molecule has 3 nitrogen and oxygen atoms in total. The molecule has 0 spiro atoms. The second-order valence-electron chi connectivity index (χ2n) is 6.37. The van der Waals surface area contributed by atoms with E-state index in [1.807, 2.05) is 26.0 Å². The number of benzene rings is 2. The van der Waals surface area contributed by atoms with E-state index in [9.17, 15) is 10.2 Å². The minimum Gasteiger partial charge on any atom is -0.508 e. The van der Waals surface area contributed by atoms with Gasteiger partial charge in [-0.2, -0.15) is 0 Å². The van der Waals surface area contributed by atoms with Gasteiger partial charge in [0.25, 0.3) is 0 Å². The first-order chi connectivity index (χ1) is 11.0.